The average molecular weight is 321 g/mol. The van der Waals surface area contributed by atoms with Crippen molar-refractivity contribution < 1.29 is 14.6 Å². The van der Waals surface area contributed by atoms with Gasteiger partial charge in [-0.1, -0.05) is 24.3 Å². The van der Waals surface area contributed by atoms with Gasteiger partial charge in [-0.3, -0.25) is 0 Å². The molecule has 0 saturated carbocycles. The molecule has 0 amide bonds. The Morgan fingerprint density at radius 1 is 1.25 bits per heavy atom. The number of aromatic carboxylic acids is 1. The van der Waals surface area contributed by atoms with Gasteiger partial charge in [0.15, 0.2) is 0 Å². The zero-order valence-electron chi connectivity index (χ0n) is 13.4. The first-order chi connectivity index (χ1) is 11.7. The quantitative estimate of drug-likeness (QED) is 0.831. The minimum absolute atomic E-state index is 0.184. The second-order valence-corrected chi connectivity index (χ2v) is 6.36. The maximum absolute atomic E-state index is 11.3. The van der Waals surface area contributed by atoms with Crippen molar-refractivity contribution in [2.75, 3.05) is 12.4 Å². The lowest BCUT2D eigenvalue weighted by Crippen LogP contribution is -2.29. The maximum Gasteiger partial charge on any atom is 0.335 e. The van der Waals surface area contributed by atoms with E-state index in [1.165, 1.54) is 5.56 Å². The molecule has 122 valence electrons. The highest BCUT2D eigenvalue weighted by Gasteiger charge is 2.38. The van der Waals surface area contributed by atoms with Crippen LogP contribution in [0.3, 0.4) is 0 Å². The summed E-state index contributed by atoms with van der Waals surface area (Å²) in [5, 5.41) is 12.9. The number of benzene rings is 2. The van der Waals surface area contributed by atoms with E-state index in [2.05, 4.69) is 29.6 Å². The van der Waals surface area contributed by atoms with Crippen LogP contribution >= 0.6 is 0 Å². The average Bonchev–Trinajstić information content (AvgIpc) is 3.10. The molecule has 2 aliphatic rings. The summed E-state index contributed by atoms with van der Waals surface area (Å²) in [7, 11) is 1.68. The molecule has 2 aromatic rings. The topological polar surface area (TPSA) is 58.6 Å². The second kappa shape index (κ2) is 5.71. The summed E-state index contributed by atoms with van der Waals surface area (Å²) in [6, 6.07) is 13.7. The summed E-state index contributed by atoms with van der Waals surface area (Å²) in [5.41, 5.74) is 3.63. The molecule has 1 aliphatic carbocycles. The van der Waals surface area contributed by atoms with Gasteiger partial charge in [-0.15, -0.1) is 0 Å². The van der Waals surface area contributed by atoms with E-state index in [0.717, 1.165) is 23.4 Å². The number of methoxy groups -OCH3 is 1. The summed E-state index contributed by atoms with van der Waals surface area (Å²) in [6.45, 7) is 0. The zero-order valence-corrected chi connectivity index (χ0v) is 13.4. The van der Waals surface area contributed by atoms with Crippen molar-refractivity contribution in [3.63, 3.8) is 0 Å². The van der Waals surface area contributed by atoms with Gasteiger partial charge in [0, 0.05) is 11.6 Å². The fourth-order valence-electron chi connectivity index (χ4n) is 3.89. The highest BCUT2D eigenvalue weighted by Crippen LogP contribution is 2.50. The standard InChI is InChI=1S/C20H19NO3/c1-24-14-5-2-4-12(10-14)19-16-7-3-6-15(16)17-11-13(20(22)23)8-9-18(17)21-19/h2-6,8-11,15-16,19,21H,7H2,1H3,(H,22,23)/t15-,16+,19-/m1/s1. The molecule has 0 bridgehead atoms. The van der Waals surface area contributed by atoms with Crippen LogP contribution in [-0.2, 0) is 0 Å². The van der Waals surface area contributed by atoms with Crippen LogP contribution in [0, 0.1) is 5.92 Å². The molecule has 4 heteroatoms. The molecule has 0 saturated heterocycles. The van der Waals surface area contributed by atoms with Gasteiger partial charge in [0.2, 0.25) is 0 Å². The minimum Gasteiger partial charge on any atom is -0.497 e. The third-order valence-electron chi connectivity index (χ3n) is 5.06. The molecular weight excluding hydrogens is 302 g/mol. The predicted molar refractivity (Wildman–Crippen MR) is 92.7 cm³/mol. The normalized spacial score (nSPS) is 24.0. The molecule has 4 nitrogen and oxygen atoms in total. The first-order valence-electron chi connectivity index (χ1n) is 8.12. The van der Waals surface area contributed by atoms with Crippen molar-refractivity contribution in [2.45, 2.75) is 18.4 Å². The number of carboxylic acid groups (broad SMARTS) is 1. The van der Waals surface area contributed by atoms with Gasteiger partial charge in [0.1, 0.15) is 5.75 Å². The number of rotatable bonds is 3. The number of fused-ring (bicyclic) bond motifs is 3. The summed E-state index contributed by atoms with van der Waals surface area (Å²) >= 11 is 0. The number of hydrogen-bond acceptors (Lipinski definition) is 3. The van der Waals surface area contributed by atoms with Gasteiger partial charge in [-0.2, -0.15) is 0 Å². The lowest BCUT2D eigenvalue weighted by Gasteiger charge is -2.37. The van der Waals surface area contributed by atoms with Crippen LogP contribution < -0.4 is 10.1 Å². The first kappa shape index (κ1) is 14.8. The Labute approximate surface area is 140 Å². The third kappa shape index (κ3) is 2.35. The first-order valence-corrected chi connectivity index (χ1v) is 8.12. The van der Waals surface area contributed by atoms with Crippen LogP contribution in [0.2, 0.25) is 0 Å². The maximum atomic E-state index is 11.3. The van der Waals surface area contributed by atoms with E-state index in [0.29, 0.717) is 11.5 Å². The van der Waals surface area contributed by atoms with Crippen molar-refractivity contribution in [1.29, 1.82) is 0 Å². The summed E-state index contributed by atoms with van der Waals surface area (Å²) in [5.74, 6) is 0.598. The van der Waals surface area contributed by atoms with Crippen LogP contribution in [0.5, 0.6) is 5.75 Å². The highest BCUT2D eigenvalue weighted by atomic mass is 16.5. The number of carboxylic acids is 1. The summed E-state index contributed by atoms with van der Waals surface area (Å²) in [4.78, 5) is 11.3. The molecule has 4 rings (SSSR count). The monoisotopic (exact) mass is 321 g/mol. The van der Waals surface area contributed by atoms with E-state index in [1.54, 1.807) is 19.2 Å². The number of hydrogen-bond donors (Lipinski definition) is 2. The Balaban J connectivity index is 1.76. The Morgan fingerprint density at radius 2 is 2.12 bits per heavy atom. The molecule has 1 heterocycles. The van der Waals surface area contributed by atoms with Crippen molar-refractivity contribution in [1.82, 2.24) is 0 Å². The number of nitrogens with one attached hydrogen (secondary N) is 1. The molecule has 0 aromatic heterocycles. The largest absolute Gasteiger partial charge is 0.497 e. The van der Waals surface area contributed by atoms with Gasteiger partial charge in [0.05, 0.1) is 18.7 Å². The fraction of sp³-hybridized carbons (Fsp3) is 0.250. The summed E-state index contributed by atoms with van der Waals surface area (Å²) in [6.07, 6.45) is 5.39. The minimum atomic E-state index is -0.883. The van der Waals surface area contributed by atoms with E-state index in [4.69, 9.17) is 4.74 Å². The van der Waals surface area contributed by atoms with E-state index in [-0.39, 0.29) is 12.0 Å². The second-order valence-electron chi connectivity index (χ2n) is 6.36. The molecule has 3 atom stereocenters. The van der Waals surface area contributed by atoms with Crippen LogP contribution in [0.4, 0.5) is 5.69 Å². The Hall–Kier alpha value is -2.75. The smallest absolute Gasteiger partial charge is 0.335 e. The van der Waals surface area contributed by atoms with Gasteiger partial charge in [-0.25, -0.2) is 4.79 Å². The fourth-order valence-corrected chi connectivity index (χ4v) is 3.89. The van der Waals surface area contributed by atoms with E-state index in [9.17, 15) is 9.90 Å². The van der Waals surface area contributed by atoms with Gasteiger partial charge >= 0.3 is 5.97 Å². The van der Waals surface area contributed by atoms with Crippen molar-refractivity contribution in [2.24, 2.45) is 5.92 Å². The Kier molecular flexibility index (Phi) is 3.53. The highest BCUT2D eigenvalue weighted by molar-refractivity contribution is 5.89. The molecule has 2 N–H and O–H groups in total. The Bertz CT molecular complexity index is 827. The van der Waals surface area contributed by atoms with Crippen molar-refractivity contribution >= 4 is 11.7 Å². The van der Waals surface area contributed by atoms with Crippen LogP contribution in [0.1, 0.15) is 39.9 Å². The predicted octanol–water partition coefficient (Wildman–Crippen LogP) is 4.22. The molecule has 24 heavy (non-hydrogen) atoms. The van der Waals surface area contributed by atoms with Crippen LogP contribution in [0.25, 0.3) is 0 Å². The molecular formula is C20H19NO3. The zero-order chi connectivity index (χ0) is 16.7. The number of carbonyl (C=O) groups is 1. The van der Waals surface area contributed by atoms with Gasteiger partial charge in [0.25, 0.3) is 0 Å². The lowest BCUT2D eigenvalue weighted by molar-refractivity contribution is 0.0696. The lowest BCUT2D eigenvalue weighted by atomic mass is 9.76. The summed E-state index contributed by atoms with van der Waals surface area (Å²) < 4.78 is 5.36. The Morgan fingerprint density at radius 3 is 2.92 bits per heavy atom. The molecule has 0 radical (unpaired) electrons. The van der Waals surface area contributed by atoms with Gasteiger partial charge < -0.3 is 15.2 Å². The van der Waals surface area contributed by atoms with Crippen molar-refractivity contribution in [3.8, 4) is 5.75 Å². The van der Waals surface area contributed by atoms with Crippen LogP contribution in [-0.4, -0.2) is 18.2 Å². The molecule has 0 unspecified atom stereocenters. The number of allylic oxidation sites excluding steroid dienone is 2. The van der Waals surface area contributed by atoms with Gasteiger partial charge in [-0.05, 0) is 53.8 Å². The molecule has 0 fully saturated rings. The van der Waals surface area contributed by atoms with Crippen LogP contribution in [0.15, 0.2) is 54.6 Å². The van der Waals surface area contributed by atoms with E-state index >= 15 is 0 Å². The molecule has 1 aliphatic heterocycles. The molecule has 0 spiro atoms. The van der Waals surface area contributed by atoms with Crippen molar-refractivity contribution in [3.05, 3.63) is 71.3 Å². The SMILES string of the molecule is COc1cccc([C@H]2Nc3ccc(C(=O)O)cc3[C@@H]3C=CC[C@H]23)c1. The number of anilines is 1. The third-order valence-corrected chi connectivity index (χ3v) is 5.06. The van der Waals surface area contributed by atoms with E-state index in [1.807, 2.05) is 18.2 Å². The number of ether oxygens (including phenoxy) is 1. The molecule has 2 aromatic carbocycles. The van der Waals surface area contributed by atoms with E-state index < -0.39 is 5.97 Å².